The monoisotopic (exact) mass is 375 g/mol. The van der Waals surface area contributed by atoms with Crippen LogP contribution in [-0.4, -0.2) is 10.9 Å². The van der Waals surface area contributed by atoms with Crippen molar-refractivity contribution in [3.05, 3.63) is 51.2 Å². The Morgan fingerprint density at radius 3 is 2.74 bits per heavy atom. The molecule has 1 aromatic heterocycles. The first kappa shape index (κ1) is 13.7. The third-order valence-corrected chi connectivity index (χ3v) is 3.23. The van der Waals surface area contributed by atoms with Gasteiger partial charge in [0.05, 0.1) is 11.3 Å². The zero-order valence-corrected chi connectivity index (χ0v) is 11.6. The van der Waals surface area contributed by atoms with E-state index in [1.807, 2.05) is 22.6 Å². The van der Waals surface area contributed by atoms with Gasteiger partial charge < -0.3 is 11.1 Å². The average Bonchev–Trinajstić information content (AvgIpc) is 2.36. The molecule has 2 rings (SSSR count). The van der Waals surface area contributed by atoms with E-state index in [1.165, 1.54) is 30.5 Å². The summed E-state index contributed by atoms with van der Waals surface area (Å²) in [4.78, 5) is 15.4. The second-order valence-corrected chi connectivity index (χ2v) is 4.80. The van der Waals surface area contributed by atoms with E-state index in [0.717, 1.165) is 0 Å². The van der Waals surface area contributed by atoms with Gasteiger partial charge >= 0.3 is 0 Å². The van der Waals surface area contributed by atoms with Gasteiger partial charge in [0.25, 0.3) is 5.91 Å². The maximum absolute atomic E-state index is 13.6. The lowest BCUT2D eigenvalue weighted by Gasteiger charge is -2.08. The first-order chi connectivity index (χ1) is 8.99. The van der Waals surface area contributed by atoms with Crippen LogP contribution in [0.15, 0.2) is 30.5 Å². The number of hydrogen-bond donors (Lipinski definition) is 2. The summed E-state index contributed by atoms with van der Waals surface area (Å²) in [7, 11) is 0. The van der Waals surface area contributed by atoms with Crippen molar-refractivity contribution in [3.8, 4) is 0 Å². The van der Waals surface area contributed by atoms with Gasteiger partial charge in [0.15, 0.2) is 11.6 Å². The van der Waals surface area contributed by atoms with E-state index in [-0.39, 0.29) is 11.4 Å². The Balaban J connectivity index is 2.28. The minimum absolute atomic E-state index is 0.215. The van der Waals surface area contributed by atoms with Crippen molar-refractivity contribution in [3.63, 3.8) is 0 Å². The molecular weight excluding hydrogens is 367 g/mol. The van der Waals surface area contributed by atoms with E-state index in [4.69, 9.17) is 5.73 Å². The van der Waals surface area contributed by atoms with Gasteiger partial charge in [0.2, 0.25) is 0 Å². The van der Waals surface area contributed by atoms with Crippen LogP contribution < -0.4 is 11.1 Å². The van der Waals surface area contributed by atoms with E-state index in [1.54, 1.807) is 0 Å². The number of nitrogens with zero attached hydrogens (tertiary/aromatic N) is 1. The summed E-state index contributed by atoms with van der Waals surface area (Å²) >= 11 is 1.87. The molecular formula is C12H8F2IN3O. The number of nitrogen functional groups attached to an aromatic ring is 1. The summed E-state index contributed by atoms with van der Waals surface area (Å²) in [5.74, 6) is -2.31. The van der Waals surface area contributed by atoms with Crippen molar-refractivity contribution in [2.45, 2.75) is 0 Å². The SMILES string of the molecule is Nc1nccc(C(=O)Nc2ccc(F)cc2I)c1F. The predicted octanol–water partition coefficient (Wildman–Crippen LogP) is 2.80. The lowest BCUT2D eigenvalue weighted by atomic mass is 10.2. The molecule has 2 aromatic rings. The maximum Gasteiger partial charge on any atom is 0.258 e. The van der Waals surface area contributed by atoms with Crippen LogP contribution in [0.4, 0.5) is 20.3 Å². The van der Waals surface area contributed by atoms with Crippen molar-refractivity contribution in [1.82, 2.24) is 4.98 Å². The Labute approximate surface area is 121 Å². The Morgan fingerprint density at radius 1 is 1.32 bits per heavy atom. The number of hydrogen-bond acceptors (Lipinski definition) is 3. The molecule has 0 radical (unpaired) electrons. The summed E-state index contributed by atoms with van der Waals surface area (Å²) in [5, 5.41) is 2.49. The topological polar surface area (TPSA) is 68.0 Å². The lowest BCUT2D eigenvalue weighted by molar-refractivity contribution is 0.102. The number of amides is 1. The van der Waals surface area contributed by atoms with Gasteiger partial charge in [-0.1, -0.05) is 0 Å². The van der Waals surface area contributed by atoms with Crippen molar-refractivity contribution >= 4 is 40.0 Å². The zero-order chi connectivity index (χ0) is 14.0. The largest absolute Gasteiger partial charge is 0.381 e. The number of nitrogens with two attached hydrogens (primary N) is 1. The molecule has 0 atom stereocenters. The van der Waals surface area contributed by atoms with Crippen LogP contribution >= 0.6 is 22.6 Å². The smallest absolute Gasteiger partial charge is 0.258 e. The molecule has 0 bridgehead atoms. The zero-order valence-electron chi connectivity index (χ0n) is 9.45. The highest BCUT2D eigenvalue weighted by Gasteiger charge is 2.15. The standard InChI is InChI=1S/C12H8F2IN3O/c13-6-1-2-9(8(15)5-6)18-12(19)7-3-4-17-11(16)10(7)14/h1-5H,(H2,16,17)(H,18,19). The summed E-state index contributed by atoms with van der Waals surface area (Å²) < 4.78 is 27.0. The molecule has 7 heteroatoms. The van der Waals surface area contributed by atoms with Gasteiger partial charge in [-0.15, -0.1) is 0 Å². The first-order valence-electron chi connectivity index (χ1n) is 5.15. The summed E-state index contributed by atoms with van der Waals surface area (Å²) in [6, 6.07) is 5.08. The predicted molar refractivity (Wildman–Crippen MR) is 75.7 cm³/mol. The average molecular weight is 375 g/mol. The van der Waals surface area contributed by atoms with E-state index in [9.17, 15) is 13.6 Å². The van der Waals surface area contributed by atoms with Gasteiger partial charge in [-0.25, -0.2) is 13.8 Å². The van der Waals surface area contributed by atoms with Crippen LogP contribution in [0.1, 0.15) is 10.4 Å². The summed E-state index contributed by atoms with van der Waals surface area (Å²) in [6.45, 7) is 0. The third kappa shape index (κ3) is 2.98. The molecule has 98 valence electrons. The number of pyridine rings is 1. The molecule has 19 heavy (non-hydrogen) atoms. The number of carbonyl (C=O) groups excluding carboxylic acids is 1. The number of benzene rings is 1. The molecule has 3 N–H and O–H groups in total. The van der Waals surface area contributed by atoms with Gasteiger partial charge in [-0.05, 0) is 46.9 Å². The number of rotatable bonds is 2. The lowest BCUT2D eigenvalue weighted by Crippen LogP contribution is -2.16. The van der Waals surface area contributed by atoms with Crippen molar-refractivity contribution in [2.24, 2.45) is 0 Å². The second-order valence-electron chi connectivity index (χ2n) is 3.64. The van der Waals surface area contributed by atoms with E-state index < -0.39 is 17.5 Å². The van der Waals surface area contributed by atoms with Crippen molar-refractivity contribution in [2.75, 3.05) is 11.1 Å². The molecule has 4 nitrogen and oxygen atoms in total. The third-order valence-electron chi connectivity index (χ3n) is 2.34. The molecule has 0 unspecified atom stereocenters. The van der Waals surface area contributed by atoms with Gasteiger partial charge in [-0.2, -0.15) is 0 Å². The number of nitrogens with one attached hydrogen (secondary N) is 1. The number of aromatic nitrogens is 1. The molecule has 1 aromatic carbocycles. The number of halogens is 3. The fourth-order valence-electron chi connectivity index (χ4n) is 1.42. The molecule has 0 fully saturated rings. The molecule has 0 saturated heterocycles. The molecule has 0 aliphatic rings. The number of carbonyl (C=O) groups is 1. The summed E-state index contributed by atoms with van der Waals surface area (Å²) in [5.41, 5.74) is 5.46. The minimum atomic E-state index is -0.878. The van der Waals surface area contributed by atoms with Crippen LogP contribution in [-0.2, 0) is 0 Å². The maximum atomic E-state index is 13.6. The Morgan fingerprint density at radius 2 is 2.05 bits per heavy atom. The van der Waals surface area contributed by atoms with Gasteiger partial charge in [0, 0.05) is 9.77 Å². The van der Waals surface area contributed by atoms with Gasteiger partial charge in [0.1, 0.15) is 5.82 Å². The van der Waals surface area contributed by atoms with Gasteiger partial charge in [-0.3, -0.25) is 4.79 Å². The highest BCUT2D eigenvalue weighted by atomic mass is 127. The van der Waals surface area contributed by atoms with Crippen LogP contribution in [0.25, 0.3) is 0 Å². The number of anilines is 2. The van der Waals surface area contributed by atoms with E-state index in [2.05, 4.69) is 10.3 Å². The molecule has 0 spiro atoms. The fourth-order valence-corrected chi connectivity index (χ4v) is 2.03. The normalized spacial score (nSPS) is 10.3. The Hall–Kier alpha value is -1.77. The highest BCUT2D eigenvalue weighted by molar-refractivity contribution is 14.1. The first-order valence-corrected chi connectivity index (χ1v) is 6.23. The molecule has 0 aliphatic carbocycles. The Kier molecular flexibility index (Phi) is 3.93. The minimum Gasteiger partial charge on any atom is -0.381 e. The van der Waals surface area contributed by atoms with Crippen LogP contribution in [0.3, 0.4) is 0 Å². The summed E-state index contributed by atoms with van der Waals surface area (Å²) in [6.07, 6.45) is 1.24. The molecule has 0 aliphatic heterocycles. The van der Waals surface area contributed by atoms with E-state index in [0.29, 0.717) is 9.26 Å². The molecule has 0 saturated carbocycles. The molecule has 1 amide bonds. The molecule has 1 heterocycles. The highest BCUT2D eigenvalue weighted by Crippen LogP contribution is 2.21. The van der Waals surface area contributed by atoms with Crippen molar-refractivity contribution < 1.29 is 13.6 Å². The van der Waals surface area contributed by atoms with Crippen LogP contribution in [0.5, 0.6) is 0 Å². The van der Waals surface area contributed by atoms with Crippen molar-refractivity contribution in [1.29, 1.82) is 0 Å². The fraction of sp³-hybridized carbons (Fsp3) is 0. The van der Waals surface area contributed by atoms with E-state index >= 15 is 0 Å². The Bertz CT molecular complexity index is 649. The van der Waals surface area contributed by atoms with Crippen LogP contribution in [0, 0.1) is 15.2 Å². The quantitative estimate of drug-likeness (QED) is 0.794. The van der Waals surface area contributed by atoms with Crippen LogP contribution in [0.2, 0.25) is 0 Å². The second kappa shape index (κ2) is 5.47.